The second-order valence-electron chi connectivity index (χ2n) is 4.92. The molecule has 3 heteroatoms. The Hall–Kier alpha value is -2.55. The Bertz CT molecular complexity index is 741. The SMILES string of the molecule is Cc1ccc(NC(=O)Cn2ccc3ccccc32)cc1. The quantitative estimate of drug-likeness (QED) is 0.770. The van der Waals surface area contributed by atoms with E-state index < -0.39 is 0 Å². The number of hydrogen-bond acceptors (Lipinski definition) is 1. The summed E-state index contributed by atoms with van der Waals surface area (Å²) < 4.78 is 1.96. The van der Waals surface area contributed by atoms with E-state index in [2.05, 4.69) is 5.32 Å². The zero-order valence-electron chi connectivity index (χ0n) is 11.3. The Kier molecular flexibility index (Phi) is 3.25. The Labute approximate surface area is 117 Å². The molecule has 100 valence electrons. The maximum Gasteiger partial charge on any atom is 0.244 e. The van der Waals surface area contributed by atoms with E-state index in [0.717, 1.165) is 16.6 Å². The number of hydrogen-bond donors (Lipinski definition) is 1. The standard InChI is InChI=1S/C17H16N2O/c1-13-6-8-15(9-7-13)18-17(20)12-19-11-10-14-4-2-3-5-16(14)19/h2-11H,12H2,1H3,(H,18,20). The minimum atomic E-state index is -0.0183. The smallest absolute Gasteiger partial charge is 0.244 e. The van der Waals surface area contributed by atoms with E-state index in [1.807, 2.05) is 72.3 Å². The van der Waals surface area contributed by atoms with Gasteiger partial charge in [-0.3, -0.25) is 4.79 Å². The summed E-state index contributed by atoms with van der Waals surface area (Å²) in [6.07, 6.45) is 1.94. The molecule has 0 saturated carbocycles. The molecule has 20 heavy (non-hydrogen) atoms. The summed E-state index contributed by atoms with van der Waals surface area (Å²) in [7, 11) is 0. The molecule has 0 saturated heterocycles. The Balaban J connectivity index is 1.74. The first kappa shape index (κ1) is 12.5. The average molecular weight is 264 g/mol. The number of benzene rings is 2. The van der Waals surface area contributed by atoms with Gasteiger partial charge in [0.05, 0.1) is 0 Å². The molecule has 1 N–H and O–H groups in total. The van der Waals surface area contributed by atoms with E-state index in [1.54, 1.807) is 0 Å². The molecule has 0 unspecified atom stereocenters. The highest BCUT2D eigenvalue weighted by Crippen LogP contribution is 2.15. The average Bonchev–Trinajstić information content (AvgIpc) is 2.85. The molecule has 3 nitrogen and oxygen atoms in total. The van der Waals surface area contributed by atoms with Crippen molar-refractivity contribution in [3.05, 3.63) is 66.4 Å². The van der Waals surface area contributed by atoms with E-state index in [0.29, 0.717) is 6.54 Å². The molecule has 3 rings (SSSR count). The third kappa shape index (κ3) is 2.57. The van der Waals surface area contributed by atoms with Crippen LogP contribution in [0, 0.1) is 6.92 Å². The van der Waals surface area contributed by atoms with Crippen molar-refractivity contribution >= 4 is 22.5 Å². The zero-order chi connectivity index (χ0) is 13.9. The normalized spacial score (nSPS) is 10.7. The Morgan fingerprint density at radius 1 is 1.05 bits per heavy atom. The fourth-order valence-corrected chi connectivity index (χ4v) is 2.27. The van der Waals surface area contributed by atoms with Gasteiger partial charge in [0.15, 0.2) is 0 Å². The number of aryl methyl sites for hydroxylation is 1. The highest BCUT2D eigenvalue weighted by atomic mass is 16.1. The molecule has 0 aliphatic heterocycles. The first-order chi connectivity index (χ1) is 9.72. The molecule has 0 atom stereocenters. The maximum absolute atomic E-state index is 12.1. The van der Waals surface area contributed by atoms with Crippen molar-refractivity contribution < 1.29 is 4.79 Å². The summed E-state index contributed by atoms with van der Waals surface area (Å²) in [6, 6.07) is 17.9. The summed E-state index contributed by atoms with van der Waals surface area (Å²) in [5.41, 5.74) is 3.09. The largest absolute Gasteiger partial charge is 0.338 e. The van der Waals surface area contributed by atoms with Gasteiger partial charge in [-0.25, -0.2) is 0 Å². The Morgan fingerprint density at radius 3 is 2.60 bits per heavy atom. The van der Waals surface area contributed by atoms with E-state index in [9.17, 15) is 4.79 Å². The summed E-state index contributed by atoms with van der Waals surface area (Å²) in [5, 5.41) is 4.06. The predicted octanol–water partition coefficient (Wildman–Crippen LogP) is 3.59. The van der Waals surface area contributed by atoms with Crippen molar-refractivity contribution in [2.45, 2.75) is 13.5 Å². The number of anilines is 1. The lowest BCUT2D eigenvalue weighted by molar-refractivity contribution is -0.116. The van der Waals surface area contributed by atoms with Crippen LogP contribution >= 0.6 is 0 Å². The van der Waals surface area contributed by atoms with E-state index in [-0.39, 0.29) is 5.91 Å². The van der Waals surface area contributed by atoms with Crippen LogP contribution in [0.4, 0.5) is 5.69 Å². The summed E-state index contributed by atoms with van der Waals surface area (Å²) >= 11 is 0. The van der Waals surface area contributed by atoms with Crippen LogP contribution < -0.4 is 5.32 Å². The van der Waals surface area contributed by atoms with Crippen LogP contribution in [0.3, 0.4) is 0 Å². The molecule has 0 spiro atoms. The molecule has 3 aromatic rings. The lowest BCUT2D eigenvalue weighted by Gasteiger charge is -2.07. The van der Waals surface area contributed by atoms with Crippen molar-refractivity contribution in [1.82, 2.24) is 4.57 Å². The van der Waals surface area contributed by atoms with E-state index >= 15 is 0 Å². The number of nitrogens with one attached hydrogen (secondary N) is 1. The van der Waals surface area contributed by atoms with Gasteiger partial charge in [-0.1, -0.05) is 35.9 Å². The van der Waals surface area contributed by atoms with Gasteiger partial charge in [0.1, 0.15) is 6.54 Å². The summed E-state index contributed by atoms with van der Waals surface area (Å²) in [4.78, 5) is 12.1. The molecule has 0 aliphatic rings. The topological polar surface area (TPSA) is 34.0 Å². The second kappa shape index (κ2) is 5.21. The molecule has 0 aliphatic carbocycles. The van der Waals surface area contributed by atoms with E-state index in [1.165, 1.54) is 5.56 Å². The van der Waals surface area contributed by atoms with Crippen molar-refractivity contribution in [1.29, 1.82) is 0 Å². The van der Waals surface area contributed by atoms with Gasteiger partial charge in [-0.05, 0) is 36.6 Å². The van der Waals surface area contributed by atoms with Gasteiger partial charge in [0.2, 0.25) is 5.91 Å². The molecule has 0 radical (unpaired) electrons. The molecule has 0 fully saturated rings. The minimum Gasteiger partial charge on any atom is -0.338 e. The van der Waals surface area contributed by atoms with Crippen molar-refractivity contribution in [2.24, 2.45) is 0 Å². The van der Waals surface area contributed by atoms with Crippen molar-refractivity contribution in [3.63, 3.8) is 0 Å². The van der Waals surface area contributed by atoms with Gasteiger partial charge < -0.3 is 9.88 Å². The van der Waals surface area contributed by atoms with Crippen molar-refractivity contribution in [3.8, 4) is 0 Å². The Morgan fingerprint density at radius 2 is 1.80 bits per heavy atom. The molecule has 1 aromatic heterocycles. The first-order valence-electron chi connectivity index (χ1n) is 6.63. The minimum absolute atomic E-state index is 0.0183. The maximum atomic E-state index is 12.1. The number of rotatable bonds is 3. The zero-order valence-corrected chi connectivity index (χ0v) is 11.3. The fourth-order valence-electron chi connectivity index (χ4n) is 2.27. The molecule has 2 aromatic carbocycles. The number of aromatic nitrogens is 1. The van der Waals surface area contributed by atoms with Crippen LogP contribution in [-0.4, -0.2) is 10.5 Å². The predicted molar refractivity (Wildman–Crippen MR) is 81.7 cm³/mol. The third-order valence-electron chi connectivity index (χ3n) is 3.33. The van der Waals surface area contributed by atoms with Crippen molar-refractivity contribution in [2.75, 3.05) is 5.32 Å². The number of para-hydroxylation sites is 1. The lowest BCUT2D eigenvalue weighted by atomic mass is 10.2. The summed E-state index contributed by atoms with van der Waals surface area (Å²) in [5.74, 6) is -0.0183. The molecule has 0 bridgehead atoms. The van der Waals surface area contributed by atoms with Gasteiger partial charge in [0.25, 0.3) is 0 Å². The number of fused-ring (bicyclic) bond motifs is 1. The molecular formula is C17H16N2O. The fraction of sp³-hybridized carbons (Fsp3) is 0.118. The first-order valence-corrected chi connectivity index (χ1v) is 6.63. The monoisotopic (exact) mass is 264 g/mol. The van der Waals surface area contributed by atoms with Crippen LogP contribution in [0.2, 0.25) is 0 Å². The number of carbonyl (C=O) groups is 1. The van der Waals surface area contributed by atoms with Crippen LogP contribution in [0.25, 0.3) is 10.9 Å². The summed E-state index contributed by atoms with van der Waals surface area (Å²) in [6.45, 7) is 2.35. The molecular weight excluding hydrogens is 248 g/mol. The van der Waals surface area contributed by atoms with E-state index in [4.69, 9.17) is 0 Å². The lowest BCUT2D eigenvalue weighted by Crippen LogP contribution is -2.18. The third-order valence-corrected chi connectivity index (χ3v) is 3.33. The van der Waals surface area contributed by atoms with Crippen LogP contribution in [-0.2, 0) is 11.3 Å². The van der Waals surface area contributed by atoms with Gasteiger partial charge in [0, 0.05) is 17.4 Å². The highest BCUT2D eigenvalue weighted by Gasteiger charge is 2.06. The number of nitrogens with zero attached hydrogens (tertiary/aromatic N) is 1. The van der Waals surface area contributed by atoms with Gasteiger partial charge in [-0.15, -0.1) is 0 Å². The number of carbonyl (C=O) groups excluding carboxylic acids is 1. The van der Waals surface area contributed by atoms with Crippen LogP contribution in [0.15, 0.2) is 60.8 Å². The molecule has 1 amide bonds. The number of amides is 1. The second-order valence-corrected chi connectivity index (χ2v) is 4.92. The molecule has 1 heterocycles. The highest BCUT2D eigenvalue weighted by molar-refractivity contribution is 5.92. The van der Waals surface area contributed by atoms with Gasteiger partial charge in [-0.2, -0.15) is 0 Å². The van der Waals surface area contributed by atoms with Gasteiger partial charge >= 0.3 is 0 Å². The van der Waals surface area contributed by atoms with Crippen LogP contribution in [0.1, 0.15) is 5.56 Å². The van der Waals surface area contributed by atoms with Crippen LogP contribution in [0.5, 0.6) is 0 Å².